The maximum absolute atomic E-state index is 12.5. The number of carbonyl (C=O) groups excluding carboxylic acids is 1. The van der Waals surface area contributed by atoms with Gasteiger partial charge in [0.15, 0.2) is 9.84 Å². The van der Waals surface area contributed by atoms with E-state index in [1.807, 2.05) is 31.2 Å². The summed E-state index contributed by atoms with van der Waals surface area (Å²) in [5.41, 5.74) is 3.83. The second kappa shape index (κ2) is 9.21. The Morgan fingerprint density at radius 3 is 2.23 bits per heavy atom. The summed E-state index contributed by atoms with van der Waals surface area (Å²) in [6.45, 7) is 3.50. The number of sulfone groups is 1. The number of hydrogen-bond donors (Lipinski definition) is 1. The van der Waals surface area contributed by atoms with Crippen LogP contribution in [0.1, 0.15) is 18.1 Å². The molecule has 0 atom stereocenters. The Labute approximate surface area is 186 Å². The summed E-state index contributed by atoms with van der Waals surface area (Å²) in [6.07, 6.45) is 0.110. The van der Waals surface area contributed by atoms with Crippen LogP contribution in [-0.2, 0) is 21.1 Å². The second-order valence-electron chi connectivity index (χ2n) is 6.88. The van der Waals surface area contributed by atoms with E-state index in [1.54, 1.807) is 31.2 Å². The Balaban J connectivity index is 1.80. The Hall–Kier alpha value is -2.34. The summed E-state index contributed by atoms with van der Waals surface area (Å²) in [5, 5.41) is 3.98. The van der Waals surface area contributed by atoms with Crippen LogP contribution in [0.25, 0.3) is 11.1 Å². The maximum Gasteiger partial charge on any atom is 0.228 e. The fraction of sp³-hybridized carbons (Fsp3) is 0.174. The first-order valence-electron chi connectivity index (χ1n) is 9.38. The van der Waals surface area contributed by atoms with Gasteiger partial charge in [0.2, 0.25) is 5.91 Å². The summed E-state index contributed by atoms with van der Waals surface area (Å²) in [5.74, 6) is -0.194. The van der Waals surface area contributed by atoms with Gasteiger partial charge in [0.1, 0.15) is 0 Å². The van der Waals surface area contributed by atoms with Gasteiger partial charge in [0.05, 0.1) is 17.1 Å². The molecule has 0 saturated carbocycles. The summed E-state index contributed by atoms with van der Waals surface area (Å²) in [4.78, 5) is 12.8. The van der Waals surface area contributed by atoms with E-state index in [0.717, 1.165) is 16.7 Å². The van der Waals surface area contributed by atoms with Gasteiger partial charge in [-0.3, -0.25) is 4.79 Å². The van der Waals surface area contributed by atoms with Crippen molar-refractivity contribution in [3.05, 3.63) is 81.8 Å². The number of carbonyl (C=O) groups is 1. The number of amides is 1. The predicted molar refractivity (Wildman–Crippen MR) is 123 cm³/mol. The zero-order chi connectivity index (χ0) is 21.9. The molecule has 3 aromatic carbocycles. The van der Waals surface area contributed by atoms with Crippen LogP contribution in [-0.4, -0.2) is 20.1 Å². The van der Waals surface area contributed by atoms with Crippen LogP contribution in [0.4, 0.5) is 5.69 Å². The average Bonchev–Trinajstić information content (AvgIpc) is 2.71. The van der Waals surface area contributed by atoms with Gasteiger partial charge in [0.25, 0.3) is 0 Å². The Morgan fingerprint density at radius 1 is 0.933 bits per heavy atom. The molecule has 0 aromatic heterocycles. The number of halogens is 2. The van der Waals surface area contributed by atoms with Crippen molar-refractivity contribution in [2.75, 3.05) is 11.1 Å². The van der Waals surface area contributed by atoms with Gasteiger partial charge < -0.3 is 5.32 Å². The molecule has 0 unspecified atom stereocenters. The monoisotopic (exact) mass is 461 g/mol. The molecule has 1 N–H and O–H groups in total. The van der Waals surface area contributed by atoms with Crippen LogP contribution in [0.2, 0.25) is 10.0 Å². The topological polar surface area (TPSA) is 63.2 Å². The molecule has 0 aliphatic rings. The number of rotatable bonds is 6. The van der Waals surface area contributed by atoms with Crippen molar-refractivity contribution >= 4 is 44.6 Å². The van der Waals surface area contributed by atoms with Crippen molar-refractivity contribution in [2.24, 2.45) is 0 Å². The SMILES string of the molecule is CCS(=O)(=O)c1ccc(CC(=O)Nc2cc(Cl)c(C)c(-c3ccccc3Cl)c2)cc1. The molecular formula is C23H21Cl2NO3S. The molecule has 0 bridgehead atoms. The van der Waals surface area contributed by atoms with Crippen molar-refractivity contribution in [1.82, 2.24) is 0 Å². The first kappa shape index (κ1) is 22.3. The largest absolute Gasteiger partial charge is 0.326 e. The lowest BCUT2D eigenvalue weighted by atomic mass is 9.99. The first-order chi connectivity index (χ1) is 14.2. The lowest BCUT2D eigenvalue weighted by Gasteiger charge is -2.14. The van der Waals surface area contributed by atoms with Crippen molar-refractivity contribution in [3.63, 3.8) is 0 Å². The number of anilines is 1. The van der Waals surface area contributed by atoms with Crippen LogP contribution < -0.4 is 5.32 Å². The van der Waals surface area contributed by atoms with Gasteiger partial charge >= 0.3 is 0 Å². The molecule has 0 radical (unpaired) electrons. The lowest BCUT2D eigenvalue weighted by molar-refractivity contribution is -0.115. The Morgan fingerprint density at radius 2 is 1.60 bits per heavy atom. The second-order valence-corrected chi connectivity index (χ2v) is 9.98. The highest BCUT2D eigenvalue weighted by Gasteiger charge is 2.14. The molecule has 0 spiro atoms. The van der Waals surface area contributed by atoms with Crippen LogP contribution in [0, 0.1) is 6.92 Å². The van der Waals surface area contributed by atoms with Gasteiger partial charge in [-0.15, -0.1) is 0 Å². The number of hydrogen-bond acceptors (Lipinski definition) is 3. The summed E-state index contributed by atoms with van der Waals surface area (Å²) >= 11 is 12.7. The fourth-order valence-corrected chi connectivity index (χ4v) is 4.42. The third kappa shape index (κ3) is 5.04. The van der Waals surface area contributed by atoms with Gasteiger partial charge in [0, 0.05) is 21.3 Å². The van der Waals surface area contributed by atoms with E-state index in [9.17, 15) is 13.2 Å². The summed E-state index contributed by atoms with van der Waals surface area (Å²) in [6, 6.07) is 17.4. The first-order valence-corrected chi connectivity index (χ1v) is 11.8. The standard InChI is InChI=1S/C23H21Cl2NO3S/c1-3-30(28,29)18-10-8-16(9-11-18)12-23(27)26-17-13-20(15(2)22(25)14-17)19-6-4-5-7-21(19)24/h4-11,13-14H,3,12H2,1-2H3,(H,26,27). The highest BCUT2D eigenvalue weighted by molar-refractivity contribution is 7.91. The van der Waals surface area contributed by atoms with Crippen LogP contribution in [0.5, 0.6) is 0 Å². The van der Waals surface area contributed by atoms with Gasteiger partial charge in [-0.2, -0.15) is 0 Å². The van der Waals surface area contributed by atoms with E-state index in [4.69, 9.17) is 23.2 Å². The minimum Gasteiger partial charge on any atom is -0.326 e. The maximum atomic E-state index is 12.5. The molecule has 4 nitrogen and oxygen atoms in total. The summed E-state index contributed by atoms with van der Waals surface area (Å²) < 4.78 is 23.8. The van der Waals surface area contributed by atoms with E-state index in [2.05, 4.69) is 5.32 Å². The van der Waals surface area contributed by atoms with Gasteiger partial charge in [-0.1, -0.05) is 60.5 Å². The normalized spacial score (nSPS) is 11.3. The van der Waals surface area contributed by atoms with Crippen LogP contribution in [0.15, 0.2) is 65.6 Å². The molecule has 3 rings (SSSR count). The van der Waals surface area contributed by atoms with Gasteiger partial charge in [-0.25, -0.2) is 8.42 Å². The molecule has 30 heavy (non-hydrogen) atoms. The molecule has 0 aliphatic heterocycles. The van der Waals surface area contributed by atoms with Crippen molar-refractivity contribution in [3.8, 4) is 11.1 Å². The number of nitrogens with one attached hydrogen (secondary N) is 1. The van der Waals surface area contributed by atoms with E-state index in [-0.39, 0.29) is 23.0 Å². The molecule has 1 amide bonds. The highest BCUT2D eigenvalue weighted by atomic mass is 35.5. The zero-order valence-electron chi connectivity index (χ0n) is 16.6. The van der Waals surface area contributed by atoms with Crippen molar-refractivity contribution in [1.29, 1.82) is 0 Å². The predicted octanol–water partition coefficient (Wildman–Crippen LogP) is 5.94. The third-order valence-corrected chi connectivity index (χ3v) is 7.29. The molecule has 7 heteroatoms. The molecule has 3 aromatic rings. The lowest BCUT2D eigenvalue weighted by Crippen LogP contribution is -2.14. The van der Waals surface area contributed by atoms with Crippen LogP contribution in [0.3, 0.4) is 0 Å². The molecule has 0 fully saturated rings. The molecule has 0 heterocycles. The third-order valence-electron chi connectivity index (χ3n) is 4.82. The minimum absolute atomic E-state index is 0.0365. The molecule has 0 aliphatic carbocycles. The Bertz CT molecular complexity index is 1190. The quantitative estimate of drug-likeness (QED) is 0.493. The minimum atomic E-state index is -3.26. The smallest absolute Gasteiger partial charge is 0.228 e. The fourth-order valence-electron chi connectivity index (χ4n) is 3.08. The molecule has 0 saturated heterocycles. The molecular weight excluding hydrogens is 441 g/mol. The van der Waals surface area contributed by atoms with Crippen molar-refractivity contribution in [2.45, 2.75) is 25.2 Å². The van der Waals surface area contributed by atoms with E-state index in [0.29, 0.717) is 21.3 Å². The van der Waals surface area contributed by atoms with Crippen molar-refractivity contribution < 1.29 is 13.2 Å². The zero-order valence-corrected chi connectivity index (χ0v) is 18.9. The average molecular weight is 462 g/mol. The van der Waals surface area contributed by atoms with E-state index >= 15 is 0 Å². The van der Waals surface area contributed by atoms with Crippen LogP contribution >= 0.6 is 23.2 Å². The van der Waals surface area contributed by atoms with Gasteiger partial charge in [-0.05, 0) is 53.9 Å². The summed E-state index contributed by atoms with van der Waals surface area (Å²) in [7, 11) is -3.26. The van der Waals surface area contributed by atoms with E-state index in [1.165, 1.54) is 12.1 Å². The highest BCUT2D eigenvalue weighted by Crippen LogP contribution is 2.35. The van der Waals surface area contributed by atoms with E-state index < -0.39 is 9.84 Å². The number of benzene rings is 3. The molecule has 156 valence electrons. The Kier molecular flexibility index (Phi) is 6.86.